The van der Waals surface area contributed by atoms with Gasteiger partial charge < -0.3 is 9.47 Å². The van der Waals surface area contributed by atoms with Crippen LogP contribution in [0.3, 0.4) is 0 Å². The molecule has 0 saturated carbocycles. The number of piperidine rings is 1. The summed E-state index contributed by atoms with van der Waals surface area (Å²) in [6.07, 6.45) is 1.72. The minimum Gasteiger partial charge on any atom is -0.497 e. The van der Waals surface area contributed by atoms with Crippen molar-refractivity contribution in [1.29, 1.82) is 0 Å². The number of benzene rings is 2. The Bertz CT molecular complexity index is 1070. The third-order valence-electron chi connectivity index (χ3n) is 6.40. The molecule has 34 heavy (non-hydrogen) atoms. The van der Waals surface area contributed by atoms with E-state index >= 15 is 0 Å². The Morgan fingerprint density at radius 1 is 1.12 bits per heavy atom. The van der Waals surface area contributed by atoms with Gasteiger partial charge in [0.15, 0.2) is 0 Å². The maximum atomic E-state index is 14.7. The molecule has 2 heterocycles. The molecule has 0 radical (unpaired) electrons. The Hall–Kier alpha value is -3.26. The monoisotopic (exact) mass is 467 g/mol. The van der Waals surface area contributed by atoms with Crippen LogP contribution in [0.2, 0.25) is 0 Å². The van der Waals surface area contributed by atoms with E-state index in [1.165, 1.54) is 11.1 Å². The number of rotatable bonds is 7. The first-order chi connectivity index (χ1) is 16.5. The van der Waals surface area contributed by atoms with Crippen molar-refractivity contribution < 1.29 is 23.5 Å². The number of carbonyl (C=O) groups excluding carboxylic acids is 2. The first kappa shape index (κ1) is 23.9. The van der Waals surface area contributed by atoms with Gasteiger partial charge in [0.05, 0.1) is 37.9 Å². The van der Waals surface area contributed by atoms with E-state index in [0.29, 0.717) is 56.0 Å². The van der Waals surface area contributed by atoms with Crippen molar-refractivity contribution in [1.82, 2.24) is 9.91 Å². The van der Waals surface area contributed by atoms with Crippen LogP contribution in [0.4, 0.5) is 4.39 Å². The molecule has 1 fully saturated rings. The smallest absolute Gasteiger partial charge is 0.309 e. The first-order valence-corrected chi connectivity index (χ1v) is 11.7. The summed E-state index contributed by atoms with van der Waals surface area (Å²) in [6.45, 7) is 3.58. The highest BCUT2D eigenvalue weighted by molar-refractivity contribution is 6.03. The molecular weight excluding hydrogens is 437 g/mol. The molecule has 0 N–H and O–H groups in total. The normalized spacial score (nSPS) is 19.1. The topological polar surface area (TPSA) is 71.4 Å². The second kappa shape index (κ2) is 10.8. The van der Waals surface area contributed by atoms with Crippen molar-refractivity contribution in [3.05, 3.63) is 65.5 Å². The molecular formula is C26H30FN3O4. The van der Waals surface area contributed by atoms with Gasteiger partial charge in [-0.2, -0.15) is 5.10 Å². The van der Waals surface area contributed by atoms with Gasteiger partial charge >= 0.3 is 5.97 Å². The number of methoxy groups -OCH3 is 1. The highest BCUT2D eigenvalue weighted by atomic mass is 19.1. The molecule has 2 aromatic carbocycles. The number of carbonyl (C=O) groups is 2. The van der Waals surface area contributed by atoms with Gasteiger partial charge in [0.25, 0.3) is 5.91 Å². The van der Waals surface area contributed by atoms with Crippen molar-refractivity contribution >= 4 is 17.6 Å². The van der Waals surface area contributed by atoms with Gasteiger partial charge in [-0.15, -0.1) is 0 Å². The van der Waals surface area contributed by atoms with Gasteiger partial charge in [-0.3, -0.25) is 14.5 Å². The Morgan fingerprint density at radius 2 is 1.88 bits per heavy atom. The summed E-state index contributed by atoms with van der Waals surface area (Å²) in [7, 11) is 1.60. The molecule has 1 atom stereocenters. The van der Waals surface area contributed by atoms with Crippen molar-refractivity contribution in [3.8, 4) is 5.75 Å². The van der Waals surface area contributed by atoms with Crippen molar-refractivity contribution in [2.75, 3.05) is 33.4 Å². The van der Waals surface area contributed by atoms with Crippen LogP contribution < -0.4 is 4.74 Å². The van der Waals surface area contributed by atoms with Gasteiger partial charge in [-0.05, 0) is 51.1 Å². The van der Waals surface area contributed by atoms with E-state index in [1.54, 1.807) is 32.2 Å². The van der Waals surface area contributed by atoms with Crippen LogP contribution in [-0.2, 0) is 14.3 Å². The largest absolute Gasteiger partial charge is 0.497 e. The molecule has 0 aliphatic carbocycles. The van der Waals surface area contributed by atoms with E-state index in [1.807, 2.05) is 29.2 Å². The average Bonchev–Trinajstić information content (AvgIpc) is 3.30. The Labute approximate surface area is 199 Å². The Kier molecular flexibility index (Phi) is 7.57. The number of halogens is 1. The minimum atomic E-state index is -0.521. The molecule has 2 aliphatic heterocycles. The molecule has 2 aliphatic rings. The van der Waals surface area contributed by atoms with E-state index in [2.05, 4.69) is 5.10 Å². The van der Waals surface area contributed by atoms with Crippen LogP contribution in [0.15, 0.2) is 53.6 Å². The lowest BCUT2D eigenvalue weighted by Gasteiger charge is -2.32. The number of hydrogen-bond acceptors (Lipinski definition) is 6. The van der Waals surface area contributed by atoms with Crippen LogP contribution >= 0.6 is 0 Å². The highest BCUT2D eigenvalue weighted by Gasteiger charge is 2.36. The zero-order valence-corrected chi connectivity index (χ0v) is 19.6. The number of hydrogen-bond donors (Lipinski definition) is 0. The lowest BCUT2D eigenvalue weighted by molar-refractivity contribution is -0.149. The third kappa shape index (κ3) is 5.28. The predicted octanol–water partition coefficient (Wildman–Crippen LogP) is 3.79. The van der Waals surface area contributed by atoms with Crippen LogP contribution in [0.5, 0.6) is 5.75 Å². The van der Waals surface area contributed by atoms with Crippen LogP contribution in [0.25, 0.3) is 0 Å². The quantitative estimate of drug-likeness (QED) is 0.580. The number of hydrazone groups is 1. The molecule has 2 aromatic rings. The minimum absolute atomic E-state index is 0.123. The standard InChI is InChI=1S/C26H30FN3O4/c1-3-34-26(32)18-11-13-29(14-12-18)17-25(31)30-24(21-9-4-5-10-22(21)27)16-23(28-30)19-7-6-8-20(15-19)33-2/h4-10,15,18,24H,3,11-14,16-17H2,1-2H3. The van der Waals surface area contributed by atoms with Gasteiger partial charge in [0.2, 0.25) is 0 Å². The maximum absolute atomic E-state index is 14.7. The molecule has 1 amide bonds. The number of nitrogens with zero attached hydrogens (tertiary/aromatic N) is 3. The van der Waals surface area contributed by atoms with Gasteiger partial charge in [0.1, 0.15) is 11.6 Å². The first-order valence-electron chi connectivity index (χ1n) is 11.7. The zero-order valence-electron chi connectivity index (χ0n) is 19.6. The summed E-state index contributed by atoms with van der Waals surface area (Å²) in [4.78, 5) is 27.4. The molecule has 1 saturated heterocycles. The van der Waals surface area contributed by atoms with E-state index in [4.69, 9.17) is 9.47 Å². The van der Waals surface area contributed by atoms with Gasteiger partial charge in [0, 0.05) is 17.5 Å². The molecule has 4 rings (SSSR count). The second-order valence-corrected chi connectivity index (χ2v) is 8.56. The number of likely N-dealkylation sites (tertiary alicyclic amines) is 1. The molecule has 1 unspecified atom stereocenters. The van der Waals surface area contributed by atoms with Crippen molar-refractivity contribution in [3.63, 3.8) is 0 Å². The van der Waals surface area contributed by atoms with Gasteiger partial charge in [-0.1, -0.05) is 30.3 Å². The zero-order chi connectivity index (χ0) is 24.1. The number of amides is 1. The molecule has 8 heteroatoms. The van der Waals surface area contributed by atoms with Crippen LogP contribution in [0, 0.1) is 11.7 Å². The van der Waals surface area contributed by atoms with E-state index in [0.717, 1.165) is 5.56 Å². The molecule has 7 nitrogen and oxygen atoms in total. The molecule has 0 bridgehead atoms. The summed E-state index contributed by atoms with van der Waals surface area (Å²) in [5, 5.41) is 6.06. The van der Waals surface area contributed by atoms with Crippen LogP contribution in [0.1, 0.15) is 43.4 Å². The lowest BCUT2D eigenvalue weighted by Crippen LogP contribution is -2.43. The Balaban J connectivity index is 1.51. The van der Waals surface area contributed by atoms with E-state index in [-0.39, 0.29) is 30.2 Å². The summed E-state index contributed by atoms with van der Waals surface area (Å²) in [5.41, 5.74) is 1.99. The summed E-state index contributed by atoms with van der Waals surface area (Å²) >= 11 is 0. The average molecular weight is 468 g/mol. The van der Waals surface area contributed by atoms with Crippen LogP contribution in [-0.4, -0.2) is 60.8 Å². The molecule has 0 aromatic heterocycles. The van der Waals surface area contributed by atoms with Crippen molar-refractivity contribution in [2.24, 2.45) is 11.0 Å². The predicted molar refractivity (Wildman–Crippen MR) is 126 cm³/mol. The second-order valence-electron chi connectivity index (χ2n) is 8.56. The fraction of sp³-hybridized carbons (Fsp3) is 0.423. The fourth-order valence-corrected chi connectivity index (χ4v) is 4.56. The highest BCUT2D eigenvalue weighted by Crippen LogP contribution is 2.35. The number of ether oxygens (including phenoxy) is 2. The SMILES string of the molecule is CCOC(=O)C1CCN(CC(=O)N2N=C(c3cccc(OC)c3)CC2c2ccccc2F)CC1. The molecule has 0 spiro atoms. The number of esters is 1. The maximum Gasteiger partial charge on any atom is 0.309 e. The van der Waals surface area contributed by atoms with E-state index < -0.39 is 6.04 Å². The summed E-state index contributed by atoms with van der Waals surface area (Å²) < 4.78 is 25.2. The summed E-state index contributed by atoms with van der Waals surface area (Å²) in [6, 6.07) is 13.5. The summed E-state index contributed by atoms with van der Waals surface area (Å²) in [5.74, 6) is -0.151. The lowest BCUT2D eigenvalue weighted by atomic mass is 9.96. The fourth-order valence-electron chi connectivity index (χ4n) is 4.56. The molecule has 180 valence electrons. The van der Waals surface area contributed by atoms with E-state index in [9.17, 15) is 14.0 Å². The van der Waals surface area contributed by atoms with Gasteiger partial charge in [-0.25, -0.2) is 9.40 Å². The third-order valence-corrected chi connectivity index (χ3v) is 6.40. The Morgan fingerprint density at radius 3 is 2.59 bits per heavy atom. The van der Waals surface area contributed by atoms with Crippen molar-refractivity contribution in [2.45, 2.75) is 32.2 Å².